The lowest BCUT2D eigenvalue weighted by atomic mass is 10.2. The van der Waals surface area contributed by atoms with Gasteiger partial charge >= 0.3 is 0 Å². The maximum atomic E-state index is 13.1. The normalized spacial score (nSPS) is 13.1. The number of aromatic nitrogens is 1. The number of imide groups is 1. The average molecular weight is 345 g/mol. The summed E-state index contributed by atoms with van der Waals surface area (Å²) in [6.45, 7) is 0.0687. The van der Waals surface area contributed by atoms with Crippen molar-refractivity contribution in [3.8, 4) is 0 Å². The van der Waals surface area contributed by atoms with E-state index < -0.39 is 29.4 Å². The predicted molar refractivity (Wildman–Crippen MR) is 83.8 cm³/mol. The van der Waals surface area contributed by atoms with Crippen LogP contribution in [0.3, 0.4) is 0 Å². The predicted octanol–water partition coefficient (Wildman–Crippen LogP) is 2.37. The molecule has 0 atom stereocenters. The van der Waals surface area contributed by atoms with Crippen LogP contribution in [0.25, 0.3) is 0 Å². The first-order valence-corrected chi connectivity index (χ1v) is 7.53. The van der Waals surface area contributed by atoms with Crippen molar-refractivity contribution in [1.82, 2.24) is 9.88 Å². The molecule has 1 N–H and O–H groups in total. The van der Waals surface area contributed by atoms with Crippen LogP contribution >= 0.6 is 0 Å². The first-order chi connectivity index (χ1) is 12.0. The smallest absolute Gasteiger partial charge is 0.280 e. The van der Waals surface area contributed by atoms with Crippen LogP contribution < -0.4 is 5.32 Å². The standard InChI is InChI=1S/C17H13F2N3O3/c18-12-6-5-10(9-13(12)19)21-14(23)4-2-8-22-16(24)11-3-1-7-20-15(11)17(22)25/h1,3,5-7,9H,2,4,8H2,(H,21,23). The van der Waals surface area contributed by atoms with Gasteiger partial charge in [0.2, 0.25) is 5.91 Å². The summed E-state index contributed by atoms with van der Waals surface area (Å²) in [6, 6.07) is 6.13. The lowest BCUT2D eigenvalue weighted by Crippen LogP contribution is -2.31. The molecule has 3 rings (SSSR count). The molecule has 0 unspecified atom stereocenters. The monoisotopic (exact) mass is 345 g/mol. The van der Waals surface area contributed by atoms with Crippen molar-refractivity contribution >= 4 is 23.4 Å². The second-order valence-corrected chi connectivity index (χ2v) is 5.44. The van der Waals surface area contributed by atoms with E-state index in [1.54, 1.807) is 6.07 Å². The van der Waals surface area contributed by atoms with Crippen molar-refractivity contribution in [3.05, 3.63) is 59.4 Å². The highest BCUT2D eigenvalue weighted by atomic mass is 19.2. The van der Waals surface area contributed by atoms with E-state index >= 15 is 0 Å². The third-order valence-electron chi connectivity index (χ3n) is 3.72. The molecule has 0 bridgehead atoms. The zero-order valence-electron chi connectivity index (χ0n) is 13.0. The largest absolute Gasteiger partial charge is 0.326 e. The van der Waals surface area contributed by atoms with Gasteiger partial charge < -0.3 is 5.32 Å². The number of hydrogen-bond donors (Lipinski definition) is 1. The number of nitrogens with zero attached hydrogens (tertiary/aromatic N) is 2. The Morgan fingerprint density at radius 3 is 2.64 bits per heavy atom. The van der Waals surface area contributed by atoms with Crippen molar-refractivity contribution in [2.24, 2.45) is 0 Å². The van der Waals surface area contributed by atoms with Crippen molar-refractivity contribution in [2.45, 2.75) is 12.8 Å². The molecule has 25 heavy (non-hydrogen) atoms. The SMILES string of the molecule is O=C(CCCN1C(=O)c2cccnc2C1=O)Nc1ccc(F)c(F)c1. The fourth-order valence-electron chi connectivity index (χ4n) is 2.51. The van der Waals surface area contributed by atoms with E-state index in [0.717, 1.165) is 17.0 Å². The first kappa shape index (κ1) is 16.7. The Labute approximate surface area is 141 Å². The highest BCUT2D eigenvalue weighted by molar-refractivity contribution is 6.20. The fourth-order valence-corrected chi connectivity index (χ4v) is 2.51. The number of nitrogens with one attached hydrogen (secondary N) is 1. The van der Waals surface area contributed by atoms with Crippen molar-refractivity contribution in [2.75, 3.05) is 11.9 Å². The third-order valence-corrected chi connectivity index (χ3v) is 3.72. The van der Waals surface area contributed by atoms with Gasteiger partial charge in [-0.1, -0.05) is 0 Å². The van der Waals surface area contributed by atoms with Gasteiger partial charge in [-0.15, -0.1) is 0 Å². The van der Waals surface area contributed by atoms with Gasteiger partial charge in [0, 0.05) is 30.9 Å². The Balaban J connectivity index is 1.53. The van der Waals surface area contributed by atoms with E-state index in [9.17, 15) is 23.2 Å². The minimum Gasteiger partial charge on any atom is -0.326 e. The van der Waals surface area contributed by atoms with Gasteiger partial charge in [-0.05, 0) is 30.7 Å². The molecule has 1 aliphatic heterocycles. The Bertz CT molecular complexity index is 835. The van der Waals surface area contributed by atoms with Crippen LogP contribution in [0.5, 0.6) is 0 Å². The molecule has 0 saturated carbocycles. The van der Waals surface area contributed by atoms with E-state index in [1.165, 1.54) is 18.3 Å². The maximum absolute atomic E-state index is 13.1. The molecule has 2 heterocycles. The van der Waals surface area contributed by atoms with Crippen LogP contribution in [0.2, 0.25) is 0 Å². The fraction of sp³-hybridized carbons (Fsp3) is 0.176. The molecule has 0 spiro atoms. The van der Waals surface area contributed by atoms with E-state index in [0.29, 0.717) is 0 Å². The second kappa shape index (κ2) is 6.76. The topological polar surface area (TPSA) is 79.4 Å². The summed E-state index contributed by atoms with van der Waals surface area (Å²) in [6.07, 6.45) is 1.68. The van der Waals surface area contributed by atoms with Gasteiger partial charge in [0.15, 0.2) is 11.6 Å². The number of anilines is 1. The molecule has 6 nitrogen and oxygen atoms in total. The molecule has 128 valence electrons. The van der Waals surface area contributed by atoms with Gasteiger partial charge in [-0.3, -0.25) is 24.3 Å². The maximum Gasteiger partial charge on any atom is 0.280 e. The quantitative estimate of drug-likeness (QED) is 0.844. The van der Waals surface area contributed by atoms with Crippen LogP contribution in [-0.4, -0.2) is 34.2 Å². The van der Waals surface area contributed by atoms with E-state index in [1.807, 2.05) is 0 Å². The molecule has 2 aromatic rings. The van der Waals surface area contributed by atoms with Crippen LogP contribution in [0.1, 0.15) is 33.7 Å². The number of halogens is 2. The van der Waals surface area contributed by atoms with Crippen LogP contribution in [0.4, 0.5) is 14.5 Å². The highest BCUT2D eigenvalue weighted by Crippen LogP contribution is 2.21. The molecule has 0 fully saturated rings. The Morgan fingerprint density at radius 1 is 1.12 bits per heavy atom. The Morgan fingerprint density at radius 2 is 1.92 bits per heavy atom. The molecule has 0 saturated heterocycles. The zero-order chi connectivity index (χ0) is 18.0. The van der Waals surface area contributed by atoms with Crippen molar-refractivity contribution in [3.63, 3.8) is 0 Å². The highest BCUT2D eigenvalue weighted by Gasteiger charge is 2.36. The lowest BCUT2D eigenvalue weighted by molar-refractivity contribution is -0.116. The van der Waals surface area contributed by atoms with E-state index in [-0.39, 0.29) is 36.3 Å². The van der Waals surface area contributed by atoms with E-state index in [4.69, 9.17) is 0 Å². The number of carbonyl (C=O) groups excluding carboxylic acids is 3. The number of hydrogen-bond acceptors (Lipinski definition) is 4. The molecule has 1 aromatic carbocycles. The molecular weight excluding hydrogens is 332 g/mol. The molecule has 8 heteroatoms. The average Bonchev–Trinajstić information content (AvgIpc) is 2.83. The van der Waals surface area contributed by atoms with Gasteiger partial charge in [0.05, 0.1) is 5.56 Å². The zero-order valence-corrected chi connectivity index (χ0v) is 13.0. The minimum absolute atomic E-state index is 0.0137. The third kappa shape index (κ3) is 3.37. The van der Waals surface area contributed by atoms with Crippen molar-refractivity contribution < 1.29 is 23.2 Å². The molecular formula is C17H13F2N3O3. The molecule has 0 aliphatic carbocycles. The second-order valence-electron chi connectivity index (χ2n) is 5.44. The summed E-state index contributed by atoms with van der Waals surface area (Å²) < 4.78 is 25.9. The lowest BCUT2D eigenvalue weighted by Gasteiger charge is -2.13. The van der Waals surface area contributed by atoms with Crippen LogP contribution in [0.15, 0.2) is 36.5 Å². The summed E-state index contributed by atoms with van der Waals surface area (Å²) in [5.41, 5.74) is 0.492. The first-order valence-electron chi connectivity index (χ1n) is 7.53. The summed E-state index contributed by atoms with van der Waals surface area (Å²) >= 11 is 0. The van der Waals surface area contributed by atoms with E-state index in [2.05, 4.69) is 10.3 Å². The molecule has 0 radical (unpaired) electrons. The van der Waals surface area contributed by atoms with Gasteiger partial charge in [-0.25, -0.2) is 8.78 Å². The Hall–Kier alpha value is -3.16. The number of rotatable bonds is 5. The number of carbonyl (C=O) groups is 3. The Kier molecular flexibility index (Phi) is 4.51. The summed E-state index contributed by atoms with van der Waals surface area (Å²) in [5.74, 6) is -3.41. The minimum atomic E-state index is -1.06. The van der Waals surface area contributed by atoms with Gasteiger partial charge in [-0.2, -0.15) is 0 Å². The van der Waals surface area contributed by atoms with Crippen LogP contribution in [-0.2, 0) is 4.79 Å². The summed E-state index contributed by atoms with van der Waals surface area (Å²) in [5, 5.41) is 2.43. The number of benzene rings is 1. The number of amides is 3. The summed E-state index contributed by atoms with van der Waals surface area (Å²) in [7, 11) is 0. The summed E-state index contributed by atoms with van der Waals surface area (Å²) in [4.78, 5) is 41.0. The molecule has 1 aromatic heterocycles. The van der Waals surface area contributed by atoms with Gasteiger partial charge in [0.1, 0.15) is 5.69 Å². The van der Waals surface area contributed by atoms with Crippen LogP contribution in [0, 0.1) is 11.6 Å². The number of fused-ring (bicyclic) bond motifs is 1. The van der Waals surface area contributed by atoms with Gasteiger partial charge in [0.25, 0.3) is 11.8 Å². The number of pyridine rings is 1. The molecule has 1 aliphatic rings. The molecule has 3 amide bonds. The van der Waals surface area contributed by atoms with Crippen molar-refractivity contribution in [1.29, 1.82) is 0 Å².